The lowest BCUT2D eigenvalue weighted by atomic mass is 9.83. The van der Waals surface area contributed by atoms with Crippen molar-refractivity contribution in [1.29, 1.82) is 0 Å². The van der Waals surface area contributed by atoms with Crippen molar-refractivity contribution < 1.29 is 9.21 Å². The fraction of sp³-hybridized carbons (Fsp3) is 0.389. The zero-order valence-electron chi connectivity index (χ0n) is 13.1. The molecule has 1 aromatic carbocycles. The Bertz CT molecular complexity index is 664. The summed E-state index contributed by atoms with van der Waals surface area (Å²) >= 11 is 0. The number of hydrogen-bond donors (Lipinski definition) is 0. The molecule has 21 heavy (non-hydrogen) atoms. The van der Waals surface area contributed by atoms with Crippen molar-refractivity contribution in [3.8, 4) is 0 Å². The van der Waals surface area contributed by atoms with Crippen LogP contribution in [0.25, 0.3) is 0 Å². The Balaban J connectivity index is 2.02. The van der Waals surface area contributed by atoms with Crippen LogP contribution in [-0.2, 0) is 10.2 Å². The average Bonchev–Trinajstić information content (AvgIpc) is 3.02. The molecule has 1 amide bonds. The lowest BCUT2D eigenvalue weighted by molar-refractivity contribution is -0.121. The molecule has 1 aliphatic heterocycles. The molecule has 1 atom stereocenters. The average molecular weight is 283 g/mol. The minimum atomic E-state index is -0.475. The number of hydrogen-bond acceptors (Lipinski definition) is 2. The zero-order valence-corrected chi connectivity index (χ0v) is 13.1. The number of anilines is 1. The van der Waals surface area contributed by atoms with E-state index in [2.05, 4.69) is 32.9 Å². The first-order chi connectivity index (χ1) is 9.93. The van der Waals surface area contributed by atoms with Crippen LogP contribution in [-0.4, -0.2) is 12.5 Å². The number of nitrogens with zero attached hydrogens (tertiary/aromatic N) is 1. The van der Waals surface area contributed by atoms with Crippen molar-refractivity contribution in [1.82, 2.24) is 0 Å². The van der Waals surface area contributed by atoms with Gasteiger partial charge in [-0.15, -0.1) is 0 Å². The number of rotatable bonds is 2. The summed E-state index contributed by atoms with van der Waals surface area (Å²) < 4.78 is 5.17. The quantitative estimate of drug-likeness (QED) is 0.837. The first-order valence-corrected chi connectivity index (χ1v) is 7.36. The summed E-state index contributed by atoms with van der Waals surface area (Å²) in [7, 11) is 0. The number of furan rings is 1. The number of carbonyl (C=O) groups is 1. The van der Waals surface area contributed by atoms with E-state index < -0.39 is 5.41 Å². The normalized spacial score (nSPS) is 22.1. The topological polar surface area (TPSA) is 33.5 Å². The van der Waals surface area contributed by atoms with E-state index in [1.807, 2.05) is 17.9 Å². The molecule has 0 unspecified atom stereocenters. The zero-order chi connectivity index (χ0) is 15.2. The standard InChI is InChI=1S/C18H21NO2/c1-12-9-13(2)16(14(3)10-12)19-7-6-18(4,17(19)20)15-5-8-21-11-15/h5,8-11H,6-7H2,1-4H3/t18-/m0/s1. The lowest BCUT2D eigenvalue weighted by Crippen LogP contribution is -2.36. The predicted molar refractivity (Wildman–Crippen MR) is 83.7 cm³/mol. The van der Waals surface area contributed by atoms with Gasteiger partial charge in [-0.2, -0.15) is 0 Å². The maximum Gasteiger partial charge on any atom is 0.237 e. The Morgan fingerprint density at radius 1 is 1.19 bits per heavy atom. The van der Waals surface area contributed by atoms with Gasteiger partial charge in [-0.1, -0.05) is 17.7 Å². The van der Waals surface area contributed by atoms with Crippen LogP contribution in [0.2, 0.25) is 0 Å². The molecule has 0 saturated carbocycles. The summed E-state index contributed by atoms with van der Waals surface area (Å²) in [5, 5.41) is 0. The summed E-state index contributed by atoms with van der Waals surface area (Å²) in [6.45, 7) is 9.02. The van der Waals surface area contributed by atoms with E-state index in [0.717, 1.165) is 35.3 Å². The Labute approximate surface area is 125 Å². The van der Waals surface area contributed by atoms with Crippen molar-refractivity contribution >= 4 is 11.6 Å². The van der Waals surface area contributed by atoms with Crippen LogP contribution < -0.4 is 4.90 Å². The van der Waals surface area contributed by atoms with Crippen LogP contribution in [0.1, 0.15) is 35.6 Å². The summed E-state index contributed by atoms with van der Waals surface area (Å²) in [6.07, 6.45) is 4.15. The largest absolute Gasteiger partial charge is 0.472 e. The maximum absolute atomic E-state index is 13.0. The van der Waals surface area contributed by atoms with E-state index >= 15 is 0 Å². The van der Waals surface area contributed by atoms with E-state index in [1.54, 1.807) is 12.5 Å². The van der Waals surface area contributed by atoms with Gasteiger partial charge in [-0.3, -0.25) is 4.79 Å². The van der Waals surface area contributed by atoms with E-state index in [1.165, 1.54) is 5.56 Å². The smallest absolute Gasteiger partial charge is 0.237 e. The second-order valence-corrected chi connectivity index (χ2v) is 6.30. The summed E-state index contributed by atoms with van der Waals surface area (Å²) in [5.41, 5.74) is 5.12. The molecular formula is C18H21NO2. The molecule has 0 aliphatic carbocycles. The second kappa shape index (κ2) is 4.76. The second-order valence-electron chi connectivity index (χ2n) is 6.30. The molecule has 110 valence electrons. The fourth-order valence-corrected chi connectivity index (χ4v) is 3.50. The van der Waals surface area contributed by atoms with Crippen LogP contribution in [0.5, 0.6) is 0 Å². The highest BCUT2D eigenvalue weighted by Crippen LogP contribution is 2.40. The third kappa shape index (κ3) is 2.08. The van der Waals surface area contributed by atoms with Crippen molar-refractivity contribution in [2.24, 2.45) is 0 Å². The Morgan fingerprint density at radius 2 is 1.86 bits per heavy atom. The third-order valence-electron chi connectivity index (χ3n) is 4.62. The molecule has 2 heterocycles. The fourth-order valence-electron chi connectivity index (χ4n) is 3.50. The van der Waals surface area contributed by atoms with Gasteiger partial charge in [-0.25, -0.2) is 0 Å². The van der Waals surface area contributed by atoms with Gasteiger partial charge in [0, 0.05) is 17.8 Å². The minimum Gasteiger partial charge on any atom is -0.472 e. The Hall–Kier alpha value is -2.03. The molecule has 0 radical (unpaired) electrons. The first-order valence-electron chi connectivity index (χ1n) is 7.36. The van der Waals surface area contributed by atoms with Crippen molar-refractivity contribution in [3.05, 3.63) is 53.0 Å². The van der Waals surface area contributed by atoms with Gasteiger partial charge in [-0.05, 0) is 51.3 Å². The van der Waals surface area contributed by atoms with Gasteiger partial charge in [0.05, 0.1) is 17.9 Å². The molecule has 1 saturated heterocycles. The minimum absolute atomic E-state index is 0.166. The monoisotopic (exact) mass is 283 g/mol. The Kier molecular flexibility index (Phi) is 3.16. The van der Waals surface area contributed by atoms with Crippen molar-refractivity contribution in [3.63, 3.8) is 0 Å². The summed E-state index contributed by atoms with van der Waals surface area (Å²) in [6, 6.07) is 6.18. The maximum atomic E-state index is 13.0. The molecule has 1 fully saturated rings. The van der Waals surface area contributed by atoms with Gasteiger partial charge >= 0.3 is 0 Å². The predicted octanol–water partition coefficient (Wildman–Crippen LogP) is 3.90. The number of benzene rings is 1. The first kappa shape index (κ1) is 13.9. The van der Waals surface area contributed by atoms with Gasteiger partial charge in [0.2, 0.25) is 5.91 Å². The van der Waals surface area contributed by atoms with Gasteiger partial charge in [0.1, 0.15) is 0 Å². The summed E-state index contributed by atoms with van der Waals surface area (Å²) in [5.74, 6) is 0.166. The highest BCUT2D eigenvalue weighted by atomic mass is 16.3. The molecule has 0 bridgehead atoms. The highest BCUT2D eigenvalue weighted by molar-refractivity contribution is 6.04. The molecule has 0 N–H and O–H groups in total. The van der Waals surface area contributed by atoms with Gasteiger partial charge in [0.15, 0.2) is 0 Å². The number of aryl methyl sites for hydroxylation is 3. The number of amides is 1. The van der Waals surface area contributed by atoms with Gasteiger partial charge < -0.3 is 9.32 Å². The van der Waals surface area contributed by atoms with Gasteiger partial charge in [0.25, 0.3) is 0 Å². The van der Waals surface area contributed by atoms with Crippen LogP contribution in [0.4, 0.5) is 5.69 Å². The van der Waals surface area contributed by atoms with E-state index in [-0.39, 0.29) is 5.91 Å². The number of carbonyl (C=O) groups excluding carboxylic acids is 1. The van der Waals surface area contributed by atoms with Crippen LogP contribution in [0, 0.1) is 20.8 Å². The molecular weight excluding hydrogens is 262 g/mol. The van der Waals surface area contributed by atoms with Crippen LogP contribution in [0.3, 0.4) is 0 Å². The van der Waals surface area contributed by atoms with Crippen molar-refractivity contribution in [2.75, 3.05) is 11.4 Å². The summed E-state index contributed by atoms with van der Waals surface area (Å²) in [4.78, 5) is 14.9. The highest BCUT2D eigenvalue weighted by Gasteiger charge is 2.45. The molecule has 0 spiro atoms. The molecule has 3 heteroatoms. The molecule has 2 aromatic rings. The lowest BCUT2D eigenvalue weighted by Gasteiger charge is -2.25. The third-order valence-corrected chi connectivity index (χ3v) is 4.62. The molecule has 1 aliphatic rings. The molecule has 3 rings (SSSR count). The van der Waals surface area contributed by atoms with Crippen LogP contribution in [0.15, 0.2) is 35.1 Å². The molecule has 1 aromatic heterocycles. The molecule has 3 nitrogen and oxygen atoms in total. The van der Waals surface area contributed by atoms with Crippen LogP contribution >= 0.6 is 0 Å². The Morgan fingerprint density at radius 3 is 2.43 bits per heavy atom. The SMILES string of the molecule is Cc1cc(C)c(N2CC[C@@](C)(c3ccoc3)C2=O)c(C)c1. The van der Waals surface area contributed by atoms with Crippen molar-refractivity contribution in [2.45, 2.75) is 39.5 Å². The van der Waals surface area contributed by atoms with E-state index in [0.29, 0.717) is 0 Å². The van der Waals surface area contributed by atoms with E-state index in [4.69, 9.17) is 4.42 Å². The van der Waals surface area contributed by atoms with E-state index in [9.17, 15) is 4.79 Å².